The highest BCUT2D eigenvalue weighted by atomic mass is 16.5. The molecule has 0 unspecified atom stereocenters. The Bertz CT molecular complexity index is 385. The van der Waals surface area contributed by atoms with E-state index in [9.17, 15) is 0 Å². The quantitative estimate of drug-likeness (QED) is 0.842. The molecule has 0 fully saturated rings. The summed E-state index contributed by atoms with van der Waals surface area (Å²) in [6.07, 6.45) is 3.49. The van der Waals surface area contributed by atoms with Gasteiger partial charge in [0.25, 0.3) is 0 Å². The first-order chi connectivity index (χ1) is 8.11. The van der Waals surface area contributed by atoms with Gasteiger partial charge in [0, 0.05) is 18.5 Å². The van der Waals surface area contributed by atoms with Crippen molar-refractivity contribution in [3.63, 3.8) is 0 Å². The van der Waals surface area contributed by atoms with Crippen molar-refractivity contribution >= 4 is 0 Å². The largest absolute Gasteiger partial charge is 0.493 e. The van der Waals surface area contributed by atoms with Crippen LogP contribution in [0.4, 0.5) is 0 Å². The zero-order valence-electron chi connectivity index (χ0n) is 11.2. The summed E-state index contributed by atoms with van der Waals surface area (Å²) < 4.78 is 5.52. The Morgan fingerprint density at radius 1 is 1.35 bits per heavy atom. The van der Waals surface area contributed by atoms with Crippen molar-refractivity contribution in [3.8, 4) is 5.75 Å². The molecule has 0 saturated carbocycles. The molecule has 0 radical (unpaired) electrons. The molecule has 1 aliphatic rings. The Hall–Kier alpha value is -1.02. The van der Waals surface area contributed by atoms with Crippen LogP contribution in [0.1, 0.15) is 44.7 Å². The zero-order valence-corrected chi connectivity index (χ0v) is 11.2. The molecule has 0 atom stereocenters. The van der Waals surface area contributed by atoms with Gasteiger partial charge in [-0.3, -0.25) is 0 Å². The highest BCUT2D eigenvalue weighted by Crippen LogP contribution is 2.26. The maximum atomic E-state index is 5.52. The number of hydrogen-bond donors (Lipinski definition) is 1. The van der Waals surface area contributed by atoms with Crippen molar-refractivity contribution in [3.05, 3.63) is 29.3 Å². The van der Waals surface area contributed by atoms with Crippen LogP contribution in [0.15, 0.2) is 18.2 Å². The molecule has 0 amide bonds. The van der Waals surface area contributed by atoms with E-state index in [1.807, 2.05) is 0 Å². The van der Waals surface area contributed by atoms with E-state index < -0.39 is 0 Å². The average molecular weight is 233 g/mol. The molecular formula is C15H23NO. The summed E-state index contributed by atoms with van der Waals surface area (Å²) in [7, 11) is 0. The summed E-state index contributed by atoms with van der Waals surface area (Å²) in [6, 6.07) is 6.54. The number of ether oxygens (including phenoxy) is 1. The molecule has 1 aromatic rings. The van der Waals surface area contributed by atoms with E-state index in [-0.39, 0.29) is 5.54 Å². The normalized spacial score (nSPS) is 14.5. The maximum absolute atomic E-state index is 5.52. The van der Waals surface area contributed by atoms with Gasteiger partial charge < -0.3 is 10.1 Å². The molecule has 1 aliphatic heterocycles. The summed E-state index contributed by atoms with van der Waals surface area (Å²) in [6.45, 7) is 8.56. The minimum Gasteiger partial charge on any atom is -0.493 e. The van der Waals surface area contributed by atoms with Gasteiger partial charge in [0.15, 0.2) is 0 Å². The lowest BCUT2D eigenvalue weighted by atomic mass is 9.98. The van der Waals surface area contributed by atoms with Gasteiger partial charge >= 0.3 is 0 Å². The fraction of sp³-hybridized carbons (Fsp3) is 0.600. The lowest BCUT2D eigenvalue weighted by Crippen LogP contribution is -2.38. The molecule has 2 rings (SSSR count). The predicted octanol–water partition coefficient (Wildman–Crippen LogP) is 3.29. The molecule has 0 bridgehead atoms. The summed E-state index contributed by atoms with van der Waals surface area (Å²) in [5.41, 5.74) is 2.94. The van der Waals surface area contributed by atoms with Crippen molar-refractivity contribution in [2.75, 3.05) is 6.61 Å². The van der Waals surface area contributed by atoms with Crippen LogP contribution < -0.4 is 10.1 Å². The van der Waals surface area contributed by atoms with Crippen LogP contribution in [0, 0.1) is 0 Å². The second kappa shape index (κ2) is 5.09. The van der Waals surface area contributed by atoms with Crippen LogP contribution in [0.2, 0.25) is 0 Å². The van der Waals surface area contributed by atoms with Crippen LogP contribution in [-0.2, 0) is 13.0 Å². The second-order valence-corrected chi connectivity index (χ2v) is 5.53. The Kier molecular flexibility index (Phi) is 3.72. The van der Waals surface area contributed by atoms with E-state index in [0.29, 0.717) is 0 Å². The topological polar surface area (TPSA) is 21.3 Å². The lowest BCUT2D eigenvalue weighted by Gasteiger charge is -2.26. The summed E-state index contributed by atoms with van der Waals surface area (Å²) in [5, 5.41) is 3.63. The fourth-order valence-electron chi connectivity index (χ4n) is 2.40. The molecule has 0 aliphatic carbocycles. The first-order valence-corrected chi connectivity index (χ1v) is 6.60. The average Bonchev–Trinajstić information content (AvgIpc) is 2.73. The summed E-state index contributed by atoms with van der Waals surface area (Å²) in [4.78, 5) is 0. The second-order valence-electron chi connectivity index (χ2n) is 5.53. The molecule has 94 valence electrons. The zero-order chi connectivity index (χ0) is 12.3. The van der Waals surface area contributed by atoms with Gasteiger partial charge in [0.1, 0.15) is 5.75 Å². The van der Waals surface area contributed by atoms with Crippen molar-refractivity contribution < 1.29 is 4.74 Å². The molecule has 2 heteroatoms. The number of hydrogen-bond acceptors (Lipinski definition) is 2. The van der Waals surface area contributed by atoms with E-state index in [1.54, 1.807) is 0 Å². The Balaban J connectivity index is 1.95. The molecule has 1 N–H and O–H groups in total. The molecule has 2 nitrogen and oxygen atoms in total. The van der Waals surface area contributed by atoms with E-state index in [0.717, 1.165) is 25.3 Å². The smallest absolute Gasteiger partial charge is 0.122 e. The first kappa shape index (κ1) is 12.4. The molecule has 1 heterocycles. The van der Waals surface area contributed by atoms with E-state index in [2.05, 4.69) is 44.3 Å². The Morgan fingerprint density at radius 3 is 2.94 bits per heavy atom. The minimum atomic E-state index is 0.226. The third-order valence-electron chi connectivity index (χ3n) is 3.40. The lowest BCUT2D eigenvalue weighted by molar-refractivity contribution is 0.355. The van der Waals surface area contributed by atoms with Crippen molar-refractivity contribution in [2.45, 2.75) is 52.1 Å². The third-order valence-corrected chi connectivity index (χ3v) is 3.40. The van der Waals surface area contributed by atoms with Crippen LogP contribution >= 0.6 is 0 Å². The highest BCUT2D eigenvalue weighted by molar-refractivity contribution is 5.39. The fourth-order valence-corrected chi connectivity index (χ4v) is 2.40. The number of benzene rings is 1. The minimum absolute atomic E-state index is 0.226. The molecule has 1 aromatic carbocycles. The third kappa shape index (κ3) is 3.22. The van der Waals surface area contributed by atoms with Gasteiger partial charge in [-0.2, -0.15) is 0 Å². The standard InChI is InChI=1S/C15H23NO/c1-4-8-15(2,3)16-11-12-5-6-14-13(10-12)7-9-17-14/h5-6,10,16H,4,7-9,11H2,1-3H3. The maximum Gasteiger partial charge on any atom is 0.122 e. The van der Waals surface area contributed by atoms with Gasteiger partial charge in [-0.15, -0.1) is 0 Å². The van der Waals surface area contributed by atoms with E-state index in [4.69, 9.17) is 4.74 Å². The van der Waals surface area contributed by atoms with Crippen molar-refractivity contribution in [2.24, 2.45) is 0 Å². The SMILES string of the molecule is CCCC(C)(C)NCc1ccc2c(c1)CCO2. The van der Waals surface area contributed by atoms with Gasteiger partial charge in [-0.1, -0.05) is 25.5 Å². The summed E-state index contributed by atoms with van der Waals surface area (Å²) >= 11 is 0. The van der Waals surface area contributed by atoms with Crippen LogP contribution in [0.3, 0.4) is 0 Å². The van der Waals surface area contributed by atoms with Crippen molar-refractivity contribution in [1.82, 2.24) is 5.32 Å². The number of fused-ring (bicyclic) bond motifs is 1. The molecule has 17 heavy (non-hydrogen) atoms. The molecule has 0 saturated heterocycles. The van der Waals surface area contributed by atoms with Gasteiger partial charge in [0.05, 0.1) is 6.61 Å². The highest BCUT2D eigenvalue weighted by Gasteiger charge is 2.16. The van der Waals surface area contributed by atoms with E-state index in [1.165, 1.54) is 24.0 Å². The monoisotopic (exact) mass is 233 g/mol. The van der Waals surface area contributed by atoms with Crippen LogP contribution in [-0.4, -0.2) is 12.1 Å². The number of nitrogens with one attached hydrogen (secondary N) is 1. The van der Waals surface area contributed by atoms with Crippen molar-refractivity contribution in [1.29, 1.82) is 0 Å². The van der Waals surface area contributed by atoms with Crippen LogP contribution in [0.5, 0.6) is 5.75 Å². The predicted molar refractivity (Wildman–Crippen MR) is 71.5 cm³/mol. The Morgan fingerprint density at radius 2 is 2.18 bits per heavy atom. The van der Waals surface area contributed by atoms with E-state index >= 15 is 0 Å². The van der Waals surface area contributed by atoms with Gasteiger partial charge in [-0.25, -0.2) is 0 Å². The Labute approximate surface area is 104 Å². The summed E-state index contributed by atoms with van der Waals surface area (Å²) in [5.74, 6) is 1.07. The van der Waals surface area contributed by atoms with Gasteiger partial charge in [0.2, 0.25) is 0 Å². The molecular weight excluding hydrogens is 210 g/mol. The molecule has 0 spiro atoms. The number of rotatable bonds is 5. The first-order valence-electron chi connectivity index (χ1n) is 6.60. The molecule has 0 aromatic heterocycles. The van der Waals surface area contributed by atoms with Gasteiger partial charge in [-0.05, 0) is 37.5 Å². The van der Waals surface area contributed by atoms with Crippen LogP contribution in [0.25, 0.3) is 0 Å².